The predicted octanol–water partition coefficient (Wildman–Crippen LogP) is 4.12. The molecular formula is C11H13Br. The molecule has 0 aromatic carbocycles. The Bertz CT molecular complexity index is 231. The highest BCUT2D eigenvalue weighted by Gasteiger charge is 1.83. The lowest BCUT2D eigenvalue weighted by molar-refractivity contribution is 1.05. The van der Waals surface area contributed by atoms with E-state index < -0.39 is 0 Å². The van der Waals surface area contributed by atoms with Gasteiger partial charge in [-0.05, 0) is 19.3 Å². The summed E-state index contributed by atoms with van der Waals surface area (Å²) < 4.78 is 1.18. The van der Waals surface area contributed by atoms with Crippen LogP contribution in [0.2, 0.25) is 0 Å². The molecule has 0 nitrogen and oxygen atoms in total. The maximum atomic E-state index is 3.48. The minimum Gasteiger partial charge on any atom is -0.0842 e. The van der Waals surface area contributed by atoms with Crippen molar-refractivity contribution in [2.24, 2.45) is 0 Å². The summed E-state index contributed by atoms with van der Waals surface area (Å²) in [4.78, 5) is 0. The predicted molar refractivity (Wildman–Crippen MR) is 58.3 cm³/mol. The topological polar surface area (TPSA) is 0 Å². The van der Waals surface area contributed by atoms with Crippen molar-refractivity contribution in [1.82, 2.24) is 0 Å². The Morgan fingerprint density at radius 1 is 1.00 bits per heavy atom. The van der Waals surface area contributed by atoms with E-state index >= 15 is 0 Å². The highest BCUT2D eigenvalue weighted by atomic mass is 79.9. The van der Waals surface area contributed by atoms with Crippen molar-refractivity contribution in [3.8, 4) is 0 Å². The Labute approximate surface area is 82.5 Å². The Hall–Kier alpha value is -0.560. The first kappa shape index (κ1) is 9.53. The van der Waals surface area contributed by atoms with Gasteiger partial charge in [0, 0.05) is 4.48 Å². The van der Waals surface area contributed by atoms with Crippen molar-refractivity contribution in [3.63, 3.8) is 0 Å². The highest BCUT2D eigenvalue weighted by molar-refractivity contribution is 9.11. The maximum absolute atomic E-state index is 3.48. The molecule has 0 aromatic rings. The van der Waals surface area contributed by atoms with Crippen LogP contribution >= 0.6 is 15.9 Å². The van der Waals surface area contributed by atoms with Gasteiger partial charge in [-0.25, -0.2) is 0 Å². The van der Waals surface area contributed by atoms with Gasteiger partial charge >= 0.3 is 0 Å². The zero-order chi connectivity index (χ0) is 8.65. The summed E-state index contributed by atoms with van der Waals surface area (Å²) in [5, 5.41) is 0. The van der Waals surface area contributed by atoms with Crippen LogP contribution in [0.5, 0.6) is 0 Å². The van der Waals surface area contributed by atoms with E-state index in [2.05, 4.69) is 58.5 Å². The van der Waals surface area contributed by atoms with Gasteiger partial charge in [-0.15, -0.1) is 0 Å². The zero-order valence-corrected chi connectivity index (χ0v) is 8.63. The molecule has 1 rings (SSSR count). The molecule has 0 spiro atoms. The van der Waals surface area contributed by atoms with Gasteiger partial charge in [0.1, 0.15) is 0 Å². The van der Waals surface area contributed by atoms with Crippen LogP contribution in [0, 0.1) is 0 Å². The summed E-state index contributed by atoms with van der Waals surface area (Å²) in [6, 6.07) is 0. The molecule has 0 atom stereocenters. The minimum atomic E-state index is 0.995. The molecule has 1 aliphatic carbocycles. The molecule has 0 unspecified atom stereocenters. The van der Waals surface area contributed by atoms with Crippen LogP contribution in [0.15, 0.2) is 47.0 Å². The van der Waals surface area contributed by atoms with Crippen molar-refractivity contribution >= 4 is 15.9 Å². The summed E-state index contributed by atoms with van der Waals surface area (Å²) >= 11 is 3.48. The van der Waals surface area contributed by atoms with Crippen molar-refractivity contribution in [2.75, 3.05) is 0 Å². The number of allylic oxidation sites excluding steroid dienone is 8. The van der Waals surface area contributed by atoms with Gasteiger partial charge in [0.25, 0.3) is 0 Å². The molecule has 0 fully saturated rings. The third-order valence-electron chi connectivity index (χ3n) is 1.61. The second-order valence-corrected chi connectivity index (χ2v) is 3.58. The average Bonchev–Trinajstić information content (AvgIpc) is 2.11. The van der Waals surface area contributed by atoms with E-state index in [9.17, 15) is 0 Å². The molecule has 0 heterocycles. The first-order valence-corrected chi connectivity index (χ1v) is 5.03. The van der Waals surface area contributed by atoms with Crippen LogP contribution in [0.25, 0.3) is 0 Å². The molecule has 0 aromatic heterocycles. The quantitative estimate of drug-likeness (QED) is 0.581. The summed E-state index contributed by atoms with van der Waals surface area (Å²) in [5.74, 6) is 0. The molecule has 1 aliphatic rings. The van der Waals surface area contributed by atoms with Crippen LogP contribution in [0.3, 0.4) is 0 Å². The van der Waals surface area contributed by atoms with Gasteiger partial charge in [0.2, 0.25) is 0 Å². The Kier molecular flexibility index (Phi) is 4.77. The normalized spacial score (nSPS) is 30.9. The zero-order valence-electron chi connectivity index (χ0n) is 7.04. The number of halogens is 1. The van der Waals surface area contributed by atoms with Gasteiger partial charge in [0.05, 0.1) is 0 Å². The van der Waals surface area contributed by atoms with Gasteiger partial charge in [0.15, 0.2) is 0 Å². The molecule has 0 aliphatic heterocycles. The summed E-state index contributed by atoms with van der Waals surface area (Å²) in [6.45, 7) is 0. The molecule has 0 amide bonds. The molecule has 0 radical (unpaired) electrons. The van der Waals surface area contributed by atoms with Crippen molar-refractivity contribution < 1.29 is 0 Å². The SMILES string of the molecule is BrC1=C/C/C=C\C=C/CC/C=C\1. The fourth-order valence-corrected chi connectivity index (χ4v) is 1.34. The van der Waals surface area contributed by atoms with E-state index in [0.29, 0.717) is 0 Å². The fourth-order valence-electron chi connectivity index (χ4n) is 0.969. The highest BCUT2D eigenvalue weighted by Crippen LogP contribution is 2.10. The van der Waals surface area contributed by atoms with Crippen LogP contribution in [0.4, 0.5) is 0 Å². The Morgan fingerprint density at radius 2 is 1.75 bits per heavy atom. The van der Waals surface area contributed by atoms with Crippen molar-refractivity contribution in [2.45, 2.75) is 19.3 Å². The van der Waals surface area contributed by atoms with Gasteiger partial charge in [-0.1, -0.05) is 58.5 Å². The first-order valence-electron chi connectivity index (χ1n) is 4.23. The molecular weight excluding hydrogens is 212 g/mol. The molecule has 0 saturated heterocycles. The number of hydrogen-bond donors (Lipinski definition) is 0. The lowest BCUT2D eigenvalue weighted by Gasteiger charge is -1.87. The van der Waals surface area contributed by atoms with Crippen molar-refractivity contribution in [3.05, 3.63) is 47.0 Å². The third kappa shape index (κ3) is 4.35. The van der Waals surface area contributed by atoms with E-state index in [0.717, 1.165) is 19.3 Å². The summed E-state index contributed by atoms with van der Waals surface area (Å²) in [7, 11) is 0. The largest absolute Gasteiger partial charge is 0.0842 e. The van der Waals surface area contributed by atoms with E-state index in [-0.39, 0.29) is 0 Å². The molecule has 12 heavy (non-hydrogen) atoms. The van der Waals surface area contributed by atoms with Crippen LogP contribution in [-0.2, 0) is 0 Å². The van der Waals surface area contributed by atoms with Gasteiger partial charge in [-0.2, -0.15) is 0 Å². The van der Waals surface area contributed by atoms with Crippen LogP contribution in [0.1, 0.15) is 19.3 Å². The van der Waals surface area contributed by atoms with Crippen LogP contribution < -0.4 is 0 Å². The number of hydrogen-bond acceptors (Lipinski definition) is 0. The lowest BCUT2D eigenvalue weighted by Crippen LogP contribution is -1.65. The lowest BCUT2D eigenvalue weighted by atomic mass is 10.2. The number of rotatable bonds is 0. The second kappa shape index (κ2) is 6.01. The second-order valence-electron chi connectivity index (χ2n) is 2.66. The molecule has 1 heteroatoms. The smallest absolute Gasteiger partial charge is 0.0135 e. The third-order valence-corrected chi connectivity index (χ3v) is 2.20. The van der Waals surface area contributed by atoms with Gasteiger partial charge < -0.3 is 0 Å². The Morgan fingerprint density at radius 3 is 2.67 bits per heavy atom. The van der Waals surface area contributed by atoms with E-state index in [1.807, 2.05) is 0 Å². The summed E-state index contributed by atoms with van der Waals surface area (Å²) in [6.07, 6.45) is 18.3. The molecule has 0 saturated carbocycles. The van der Waals surface area contributed by atoms with Crippen LogP contribution in [-0.4, -0.2) is 0 Å². The monoisotopic (exact) mass is 224 g/mol. The fraction of sp³-hybridized carbons (Fsp3) is 0.273. The van der Waals surface area contributed by atoms with E-state index in [1.165, 1.54) is 4.48 Å². The summed E-state index contributed by atoms with van der Waals surface area (Å²) in [5.41, 5.74) is 0. The average molecular weight is 225 g/mol. The van der Waals surface area contributed by atoms with E-state index in [4.69, 9.17) is 0 Å². The Balaban J connectivity index is 2.58. The minimum absolute atomic E-state index is 0.995. The molecule has 0 N–H and O–H groups in total. The van der Waals surface area contributed by atoms with Gasteiger partial charge in [-0.3, -0.25) is 0 Å². The first-order chi connectivity index (χ1) is 5.89. The van der Waals surface area contributed by atoms with Crippen molar-refractivity contribution in [1.29, 1.82) is 0 Å². The molecule has 64 valence electrons. The molecule has 0 bridgehead atoms. The standard InChI is InChI=1S/C11H13Br/c12-11-9-7-5-3-1-2-4-6-8-10-11/h1-3,5,8-10H,4,6-7H2/b2-1-,5-3-,10-8-,11-9+. The van der Waals surface area contributed by atoms with E-state index in [1.54, 1.807) is 0 Å². The maximum Gasteiger partial charge on any atom is 0.0135 e.